The number of aryl methyl sites for hydroxylation is 2. The molecule has 1 aromatic heterocycles. The first-order chi connectivity index (χ1) is 13.0. The number of benzene rings is 2. The molecule has 0 spiro atoms. The number of aromatic nitrogens is 2. The molecule has 6 nitrogen and oxygen atoms in total. The van der Waals surface area contributed by atoms with E-state index in [0.717, 1.165) is 26.1 Å². The fraction of sp³-hybridized carbons (Fsp3) is 0.211. The molecule has 0 unspecified atom stereocenters. The minimum Gasteiger partial charge on any atom is -0.484 e. The predicted octanol–water partition coefficient (Wildman–Crippen LogP) is 4.60. The van der Waals surface area contributed by atoms with Crippen molar-refractivity contribution in [1.82, 2.24) is 10.2 Å². The average molecular weight is 495 g/mol. The first kappa shape index (κ1) is 19.7. The van der Waals surface area contributed by atoms with Gasteiger partial charge in [-0.2, -0.15) is 0 Å². The van der Waals surface area contributed by atoms with Crippen LogP contribution in [0, 0.1) is 17.4 Å². The van der Waals surface area contributed by atoms with Crippen LogP contribution in [0.15, 0.2) is 52.1 Å². The molecular formula is C19H18IN3O3S. The molecule has 0 bridgehead atoms. The van der Waals surface area contributed by atoms with Gasteiger partial charge in [0.1, 0.15) is 5.75 Å². The lowest BCUT2D eigenvalue weighted by molar-refractivity contribution is -0.113. The number of anilines is 1. The first-order valence-corrected chi connectivity index (χ1v) is 10.3. The maximum absolute atomic E-state index is 12.1. The van der Waals surface area contributed by atoms with E-state index in [-0.39, 0.29) is 18.3 Å². The molecule has 2 aromatic carbocycles. The zero-order valence-electron chi connectivity index (χ0n) is 14.9. The molecular weight excluding hydrogens is 477 g/mol. The van der Waals surface area contributed by atoms with Crippen LogP contribution in [0.4, 0.5) is 5.69 Å². The van der Waals surface area contributed by atoms with Crippen molar-refractivity contribution in [2.24, 2.45) is 0 Å². The molecule has 140 valence electrons. The van der Waals surface area contributed by atoms with Gasteiger partial charge in [0, 0.05) is 9.26 Å². The lowest BCUT2D eigenvalue weighted by atomic mass is 10.2. The molecule has 0 aliphatic heterocycles. The Morgan fingerprint density at radius 2 is 2.07 bits per heavy atom. The fourth-order valence-electron chi connectivity index (χ4n) is 2.29. The number of thioether (sulfide) groups is 1. The van der Waals surface area contributed by atoms with Gasteiger partial charge in [-0.1, -0.05) is 23.9 Å². The average Bonchev–Trinajstić information content (AvgIpc) is 3.09. The molecule has 0 aliphatic rings. The van der Waals surface area contributed by atoms with Crippen molar-refractivity contribution in [3.63, 3.8) is 0 Å². The second-order valence-corrected chi connectivity index (χ2v) is 8.04. The maximum Gasteiger partial charge on any atom is 0.277 e. The first-order valence-electron chi connectivity index (χ1n) is 8.20. The van der Waals surface area contributed by atoms with Gasteiger partial charge >= 0.3 is 0 Å². The van der Waals surface area contributed by atoms with Crippen LogP contribution in [0.3, 0.4) is 0 Å². The van der Waals surface area contributed by atoms with Crippen molar-refractivity contribution in [3.8, 4) is 5.75 Å². The zero-order valence-corrected chi connectivity index (χ0v) is 17.8. The third-order valence-corrected chi connectivity index (χ3v) is 5.08. The zero-order chi connectivity index (χ0) is 19.2. The molecule has 0 atom stereocenters. The fourth-order valence-corrected chi connectivity index (χ4v) is 3.51. The highest BCUT2D eigenvalue weighted by Gasteiger charge is 2.11. The van der Waals surface area contributed by atoms with E-state index >= 15 is 0 Å². The van der Waals surface area contributed by atoms with Gasteiger partial charge in [0.15, 0.2) is 6.61 Å². The highest BCUT2D eigenvalue weighted by molar-refractivity contribution is 14.1. The van der Waals surface area contributed by atoms with E-state index in [4.69, 9.17) is 9.15 Å². The molecule has 0 saturated heterocycles. The van der Waals surface area contributed by atoms with Crippen LogP contribution >= 0.6 is 34.4 Å². The number of carbonyl (C=O) groups excluding carboxylic acids is 1. The summed E-state index contributed by atoms with van der Waals surface area (Å²) < 4.78 is 12.3. The van der Waals surface area contributed by atoms with Crippen LogP contribution in [-0.4, -0.2) is 21.9 Å². The highest BCUT2D eigenvalue weighted by atomic mass is 127. The number of hydrogen-bond acceptors (Lipinski definition) is 6. The highest BCUT2D eigenvalue weighted by Crippen LogP contribution is 2.21. The Morgan fingerprint density at radius 3 is 2.85 bits per heavy atom. The summed E-state index contributed by atoms with van der Waals surface area (Å²) in [7, 11) is 0. The number of hydrogen-bond donors (Lipinski definition) is 1. The Bertz CT molecular complexity index is 945. The summed E-state index contributed by atoms with van der Waals surface area (Å²) in [5.41, 5.74) is 2.94. The quantitative estimate of drug-likeness (QED) is 0.382. The summed E-state index contributed by atoms with van der Waals surface area (Å²) in [6.07, 6.45) is 0. The van der Waals surface area contributed by atoms with Gasteiger partial charge in [0.25, 0.3) is 11.1 Å². The van der Waals surface area contributed by atoms with Crippen LogP contribution in [0.5, 0.6) is 5.75 Å². The van der Waals surface area contributed by atoms with Gasteiger partial charge in [0.05, 0.1) is 5.75 Å². The molecule has 27 heavy (non-hydrogen) atoms. The summed E-state index contributed by atoms with van der Waals surface area (Å²) in [4.78, 5) is 12.1. The number of nitrogens with zero attached hydrogens (tertiary/aromatic N) is 2. The SMILES string of the molecule is Cc1cccc(OCc2nnc(SCC(=O)Nc3ccc(I)cc3C)o2)c1. The van der Waals surface area contributed by atoms with Gasteiger partial charge < -0.3 is 14.5 Å². The number of ether oxygens (including phenoxy) is 1. The predicted molar refractivity (Wildman–Crippen MR) is 113 cm³/mol. The molecule has 0 fully saturated rings. The molecule has 0 aliphatic carbocycles. The van der Waals surface area contributed by atoms with E-state index in [2.05, 4.69) is 38.1 Å². The monoisotopic (exact) mass is 495 g/mol. The third kappa shape index (κ3) is 5.96. The van der Waals surface area contributed by atoms with E-state index < -0.39 is 0 Å². The number of rotatable bonds is 7. The molecule has 3 rings (SSSR count). The van der Waals surface area contributed by atoms with Crippen molar-refractivity contribution < 1.29 is 13.9 Å². The van der Waals surface area contributed by atoms with E-state index in [1.165, 1.54) is 11.8 Å². The topological polar surface area (TPSA) is 77.2 Å². The molecule has 0 radical (unpaired) electrons. The van der Waals surface area contributed by atoms with Gasteiger partial charge in [-0.25, -0.2) is 0 Å². The van der Waals surface area contributed by atoms with Crippen molar-refractivity contribution >= 4 is 45.9 Å². The van der Waals surface area contributed by atoms with Gasteiger partial charge in [-0.15, -0.1) is 10.2 Å². The van der Waals surface area contributed by atoms with E-state index in [1.807, 2.05) is 56.3 Å². The second kappa shape index (κ2) is 9.23. The normalized spacial score (nSPS) is 10.6. The number of carbonyl (C=O) groups is 1. The van der Waals surface area contributed by atoms with Gasteiger partial charge in [-0.05, 0) is 77.9 Å². The lowest BCUT2D eigenvalue weighted by Crippen LogP contribution is -2.14. The Kier molecular flexibility index (Phi) is 6.73. The Balaban J connectivity index is 1.48. The van der Waals surface area contributed by atoms with Crippen molar-refractivity contribution in [2.45, 2.75) is 25.7 Å². The standard InChI is InChI=1S/C19H18IN3O3S/c1-12-4-3-5-15(8-12)25-10-18-22-23-19(26-18)27-11-17(24)21-16-7-6-14(20)9-13(16)2/h3-9H,10-11H2,1-2H3,(H,21,24). The molecule has 1 N–H and O–H groups in total. The van der Waals surface area contributed by atoms with Crippen LogP contribution < -0.4 is 10.1 Å². The number of halogens is 1. The molecule has 8 heteroatoms. The van der Waals surface area contributed by atoms with Crippen molar-refractivity contribution in [2.75, 3.05) is 11.1 Å². The van der Waals surface area contributed by atoms with E-state index in [9.17, 15) is 4.79 Å². The molecule has 0 saturated carbocycles. The van der Waals surface area contributed by atoms with E-state index in [0.29, 0.717) is 11.1 Å². The largest absolute Gasteiger partial charge is 0.484 e. The number of nitrogens with one attached hydrogen (secondary N) is 1. The minimum atomic E-state index is -0.125. The van der Waals surface area contributed by atoms with Crippen molar-refractivity contribution in [3.05, 3.63) is 63.1 Å². The summed E-state index contributed by atoms with van der Waals surface area (Å²) >= 11 is 3.43. The second-order valence-electron chi connectivity index (χ2n) is 5.86. The maximum atomic E-state index is 12.1. The summed E-state index contributed by atoms with van der Waals surface area (Å²) in [5.74, 6) is 1.17. The Morgan fingerprint density at radius 1 is 1.22 bits per heavy atom. The van der Waals surface area contributed by atoms with E-state index in [1.54, 1.807) is 0 Å². The van der Waals surface area contributed by atoms with Gasteiger partial charge in [0.2, 0.25) is 5.91 Å². The summed E-state index contributed by atoms with van der Waals surface area (Å²) in [5, 5.41) is 11.1. The lowest BCUT2D eigenvalue weighted by Gasteiger charge is -2.07. The summed E-state index contributed by atoms with van der Waals surface area (Å²) in [6.45, 7) is 4.14. The van der Waals surface area contributed by atoms with Crippen LogP contribution in [0.2, 0.25) is 0 Å². The van der Waals surface area contributed by atoms with Crippen LogP contribution in [0.1, 0.15) is 17.0 Å². The smallest absolute Gasteiger partial charge is 0.277 e. The molecule has 1 heterocycles. The van der Waals surface area contributed by atoms with Crippen molar-refractivity contribution in [1.29, 1.82) is 0 Å². The molecule has 1 amide bonds. The Labute approximate surface area is 175 Å². The Hall–Kier alpha value is -2.07. The third-order valence-electron chi connectivity index (χ3n) is 3.59. The summed E-state index contributed by atoms with van der Waals surface area (Å²) in [6, 6.07) is 13.6. The van der Waals surface area contributed by atoms with Crippen LogP contribution in [-0.2, 0) is 11.4 Å². The van der Waals surface area contributed by atoms with Crippen LogP contribution in [0.25, 0.3) is 0 Å². The molecule has 3 aromatic rings. The number of amides is 1. The minimum absolute atomic E-state index is 0.125. The van der Waals surface area contributed by atoms with Gasteiger partial charge in [-0.3, -0.25) is 4.79 Å².